The van der Waals surface area contributed by atoms with Gasteiger partial charge >= 0.3 is 12.1 Å². The quantitative estimate of drug-likeness (QED) is 0.147. The van der Waals surface area contributed by atoms with Gasteiger partial charge in [-0.3, -0.25) is 34.5 Å². The molecule has 0 aliphatic carbocycles. The van der Waals surface area contributed by atoms with Gasteiger partial charge in [0.05, 0.1) is 35.6 Å². The van der Waals surface area contributed by atoms with Gasteiger partial charge in [-0.25, -0.2) is 9.59 Å². The van der Waals surface area contributed by atoms with Crippen molar-refractivity contribution in [1.82, 2.24) is 20.2 Å². The van der Waals surface area contributed by atoms with Gasteiger partial charge in [-0.15, -0.1) is 0 Å². The third kappa shape index (κ3) is 9.98. The highest BCUT2D eigenvalue weighted by Gasteiger charge is 2.43. The van der Waals surface area contributed by atoms with E-state index in [4.69, 9.17) is 38.4 Å². The zero-order valence-electron chi connectivity index (χ0n) is 33.1. The van der Waals surface area contributed by atoms with Crippen LogP contribution in [-0.2, 0) is 9.59 Å². The topological polar surface area (TPSA) is 161 Å². The molecule has 6 rings (SSSR count). The summed E-state index contributed by atoms with van der Waals surface area (Å²) in [6.45, 7) is 7.53. The number of carbonyl (C=O) groups is 4. The van der Waals surface area contributed by atoms with Crippen molar-refractivity contribution in [1.29, 1.82) is 0 Å². The van der Waals surface area contributed by atoms with Gasteiger partial charge < -0.3 is 25.6 Å². The molecule has 0 aromatic heterocycles. The second-order valence-corrected chi connectivity index (χ2v) is 15.3. The number of hydrogen-bond acceptors (Lipinski definition) is 8. The number of primary amides is 1. The Morgan fingerprint density at radius 3 is 1.57 bits per heavy atom. The lowest BCUT2D eigenvalue weighted by Crippen LogP contribution is -2.54. The van der Waals surface area contributed by atoms with Gasteiger partial charge in [0.25, 0.3) is 11.8 Å². The molecule has 2 aliphatic heterocycles. The number of anilines is 2. The number of benzene rings is 4. The number of hydrazine groups is 2. The van der Waals surface area contributed by atoms with Crippen molar-refractivity contribution in [2.75, 3.05) is 50.4 Å². The van der Waals surface area contributed by atoms with Crippen LogP contribution in [0.1, 0.15) is 56.8 Å². The van der Waals surface area contributed by atoms with Crippen molar-refractivity contribution in [3.63, 3.8) is 0 Å². The van der Waals surface area contributed by atoms with Crippen LogP contribution in [0.4, 0.5) is 21.0 Å². The van der Waals surface area contributed by atoms with E-state index in [1.165, 1.54) is 4.90 Å². The molecule has 14 nitrogen and oxygen atoms in total. The minimum absolute atomic E-state index is 0.281. The lowest BCUT2D eigenvalue weighted by Gasteiger charge is -2.42. The van der Waals surface area contributed by atoms with E-state index in [-0.39, 0.29) is 11.8 Å². The number of rotatable bonds is 10. The Balaban J connectivity index is 0.000000223. The maximum Gasteiger partial charge on any atom is 0.408 e. The molecule has 0 saturated carbocycles. The average molecular weight is 835 g/mol. The Bertz CT molecular complexity index is 2070. The van der Waals surface area contributed by atoms with Gasteiger partial charge in [-0.1, -0.05) is 83.9 Å². The summed E-state index contributed by atoms with van der Waals surface area (Å²) in [5, 5.41) is 20.4. The molecule has 58 heavy (non-hydrogen) atoms. The van der Waals surface area contributed by atoms with Crippen LogP contribution in [0.3, 0.4) is 0 Å². The van der Waals surface area contributed by atoms with Crippen molar-refractivity contribution in [2.45, 2.75) is 51.2 Å². The largest absolute Gasteiger partial charge is 0.497 e. The van der Waals surface area contributed by atoms with Gasteiger partial charge in [0.2, 0.25) is 0 Å². The van der Waals surface area contributed by atoms with Crippen LogP contribution < -0.4 is 30.5 Å². The molecule has 0 spiro atoms. The molecule has 0 bridgehead atoms. The normalized spacial score (nSPS) is 14.9. The monoisotopic (exact) mass is 833 g/mol. The summed E-state index contributed by atoms with van der Waals surface area (Å²) in [5.74, 6) is 0.667. The number of carbonyl (C=O) groups excluding carboxylic acids is 3. The molecule has 16 heteroatoms. The van der Waals surface area contributed by atoms with Crippen LogP contribution in [0.2, 0.25) is 10.0 Å². The SMILES string of the molecule is COc1ccc(Cl)c(N2CCCN2C(=O)[C@@H](NC(N)=O)c2ccccc2)c1.COc1ccc(Cl)c(N2CCCN2C(=O)[C@H](c2ccccc2)N(C(=O)O)C(C)(C)C)c1. The Hall–Kier alpha value is -5.86. The first-order chi connectivity index (χ1) is 27.7. The number of carboxylic acid groups (broad SMARTS) is 1. The zero-order chi connectivity index (χ0) is 42.1. The Morgan fingerprint density at radius 2 is 1.16 bits per heavy atom. The number of methoxy groups -OCH3 is 2. The van der Waals surface area contributed by atoms with Gasteiger partial charge in [0.15, 0.2) is 0 Å². The summed E-state index contributed by atoms with van der Waals surface area (Å²) in [6, 6.07) is 25.9. The highest BCUT2D eigenvalue weighted by Crippen LogP contribution is 2.37. The number of nitrogens with zero attached hydrogens (tertiary/aromatic N) is 5. The van der Waals surface area contributed by atoms with E-state index in [9.17, 15) is 24.3 Å². The molecular weight excluding hydrogens is 785 g/mol. The van der Waals surface area contributed by atoms with Crippen molar-refractivity contribution >= 4 is 58.5 Å². The lowest BCUT2D eigenvalue weighted by molar-refractivity contribution is -0.138. The number of nitrogens with one attached hydrogen (secondary N) is 1. The van der Waals surface area contributed by atoms with Gasteiger partial charge in [0.1, 0.15) is 23.6 Å². The third-order valence-electron chi connectivity index (χ3n) is 9.64. The number of ether oxygens (including phenoxy) is 2. The lowest BCUT2D eigenvalue weighted by atomic mass is 9.97. The first kappa shape index (κ1) is 43.3. The minimum Gasteiger partial charge on any atom is -0.497 e. The first-order valence-electron chi connectivity index (χ1n) is 18.7. The molecule has 2 fully saturated rings. The van der Waals surface area contributed by atoms with Crippen molar-refractivity contribution in [2.24, 2.45) is 5.73 Å². The number of hydrogen-bond donors (Lipinski definition) is 3. The third-order valence-corrected chi connectivity index (χ3v) is 10.3. The molecule has 2 atom stereocenters. The summed E-state index contributed by atoms with van der Waals surface area (Å²) >= 11 is 12.8. The van der Waals surface area contributed by atoms with Crippen molar-refractivity contribution in [3.8, 4) is 11.5 Å². The number of nitrogens with two attached hydrogens (primary N) is 1. The van der Waals surface area contributed by atoms with E-state index in [1.54, 1.807) is 130 Å². The van der Waals surface area contributed by atoms with Crippen LogP contribution in [0, 0.1) is 0 Å². The smallest absolute Gasteiger partial charge is 0.408 e. The van der Waals surface area contributed by atoms with Crippen molar-refractivity contribution in [3.05, 3.63) is 118 Å². The maximum absolute atomic E-state index is 13.9. The second kappa shape index (κ2) is 19.1. The van der Waals surface area contributed by atoms with E-state index in [0.29, 0.717) is 70.2 Å². The highest BCUT2D eigenvalue weighted by molar-refractivity contribution is 6.33. The zero-order valence-corrected chi connectivity index (χ0v) is 34.6. The fraction of sp³-hybridized carbons (Fsp3) is 0.333. The second-order valence-electron chi connectivity index (χ2n) is 14.5. The van der Waals surface area contributed by atoms with Crippen LogP contribution in [0.25, 0.3) is 0 Å². The molecule has 2 heterocycles. The summed E-state index contributed by atoms with van der Waals surface area (Å²) in [5.41, 5.74) is 7.11. The number of urea groups is 1. The predicted octanol–water partition coefficient (Wildman–Crippen LogP) is 7.53. The van der Waals surface area contributed by atoms with E-state index in [1.807, 2.05) is 22.2 Å². The molecule has 0 radical (unpaired) electrons. The van der Waals surface area contributed by atoms with Crippen molar-refractivity contribution < 1.29 is 33.8 Å². The molecule has 4 aromatic carbocycles. The molecule has 2 aliphatic rings. The molecule has 4 aromatic rings. The first-order valence-corrected chi connectivity index (χ1v) is 19.4. The molecule has 308 valence electrons. The van der Waals surface area contributed by atoms with Gasteiger partial charge in [-0.05, 0) is 69.0 Å². The highest BCUT2D eigenvalue weighted by atomic mass is 35.5. The molecule has 5 amide bonds. The fourth-order valence-corrected chi connectivity index (χ4v) is 7.44. The standard InChI is InChI=1S/C23H28ClN3O4.C19H21ClN4O3/c1-23(2,3)27(22(29)30)20(16-9-6-5-7-10-16)21(28)26-14-8-13-25(26)19-15-17(31-4)11-12-18(19)24;1-27-14-8-9-15(20)16(12-14)23-10-5-11-24(23)18(25)17(22-19(21)26)13-6-3-2-4-7-13/h5-7,9-12,15,20H,8,13-14H2,1-4H3,(H,29,30);2-4,6-9,12,17H,5,10-11H2,1H3,(H3,21,22,26)/t20-;17-/m00/s1. The Morgan fingerprint density at radius 1 is 0.707 bits per heavy atom. The van der Waals surface area contributed by atoms with Crippen LogP contribution >= 0.6 is 23.2 Å². The van der Waals surface area contributed by atoms with E-state index >= 15 is 0 Å². The molecule has 0 unspecified atom stereocenters. The minimum atomic E-state index is -1.15. The van der Waals surface area contributed by atoms with Crippen LogP contribution in [0.15, 0.2) is 97.1 Å². The summed E-state index contributed by atoms with van der Waals surface area (Å²) in [7, 11) is 3.14. The maximum atomic E-state index is 13.9. The van der Waals surface area contributed by atoms with Gasteiger partial charge in [0, 0.05) is 43.9 Å². The molecule has 2 saturated heterocycles. The van der Waals surface area contributed by atoms with E-state index < -0.39 is 29.7 Å². The Labute approximate surface area is 348 Å². The molecular formula is C42H49Cl2N7O7. The van der Waals surface area contributed by atoms with Gasteiger partial charge in [-0.2, -0.15) is 0 Å². The number of amides is 5. The van der Waals surface area contributed by atoms with E-state index in [0.717, 1.165) is 12.8 Å². The van der Waals surface area contributed by atoms with Crippen LogP contribution in [-0.4, -0.2) is 89.9 Å². The summed E-state index contributed by atoms with van der Waals surface area (Å²) in [4.78, 5) is 52.1. The summed E-state index contributed by atoms with van der Waals surface area (Å²) in [6.07, 6.45) is 0.362. The Kier molecular flexibility index (Phi) is 14.2. The molecule has 4 N–H and O–H groups in total. The predicted molar refractivity (Wildman–Crippen MR) is 224 cm³/mol. The average Bonchev–Trinajstić information content (AvgIpc) is 3.90. The summed E-state index contributed by atoms with van der Waals surface area (Å²) < 4.78 is 10.6. The number of halogens is 2. The fourth-order valence-electron chi connectivity index (χ4n) is 7.00. The van der Waals surface area contributed by atoms with E-state index in [2.05, 4.69) is 5.32 Å². The van der Waals surface area contributed by atoms with Crippen LogP contribution in [0.5, 0.6) is 11.5 Å².